The Labute approximate surface area is 157 Å². The van der Waals surface area contributed by atoms with Crippen LogP contribution in [0.15, 0.2) is 40.9 Å². The number of alkyl halides is 3. The number of nitrogens with zero attached hydrogens (tertiary/aromatic N) is 4. The van der Waals surface area contributed by atoms with Gasteiger partial charge in [0.05, 0.1) is 5.56 Å². The summed E-state index contributed by atoms with van der Waals surface area (Å²) in [5.74, 6) is -0.0158. The SMILES string of the molecule is Fc1ccc2nc(N3CC4CN(c5ncccc5C(F)(F)F)CC4C3)oc2c1. The van der Waals surface area contributed by atoms with Crippen molar-refractivity contribution in [3.05, 3.63) is 47.9 Å². The van der Waals surface area contributed by atoms with Gasteiger partial charge in [-0.2, -0.15) is 18.2 Å². The third-order valence-electron chi connectivity index (χ3n) is 5.49. The number of rotatable bonds is 2. The molecule has 4 heterocycles. The van der Waals surface area contributed by atoms with Gasteiger partial charge in [-0.3, -0.25) is 0 Å². The van der Waals surface area contributed by atoms with E-state index in [1.165, 1.54) is 24.4 Å². The monoisotopic (exact) mass is 392 g/mol. The second-order valence-corrected chi connectivity index (χ2v) is 7.31. The van der Waals surface area contributed by atoms with E-state index in [0.717, 1.165) is 6.07 Å². The zero-order valence-electron chi connectivity index (χ0n) is 14.7. The summed E-state index contributed by atoms with van der Waals surface area (Å²) in [7, 11) is 0. The summed E-state index contributed by atoms with van der Waals surface area (Å²) in [5, 5.41) is 0. The molecule has 2 atom stereocenters. The van der Waals surface area contributed by atoms with Gasteiger partial charge in [0.2, 0.25) is 0 Å². The molecule has 2 saturated heterocycles. The van der Waals surface area contributed by atoms with Crippen LogP contribution in [-0.4, -0.2) is 36.1 Å². The average molecular weight is 392 g/mol. The van der Waals surface area contributed by atoms with E-state index < -0.39 is 11.7 Å². The normalized spacial score (nSPS) is 22.3. The number of fused-ring (bicyclic) bond motifs is 2. The quantitative estimate of drug-likeness (QED) is 0.618. The Morgan fingerprint density at radius 2 is 1.71 bits per heavy atom. The van der Waals surface area contributed by atoms with E-state index in [9.17, 15) is 17.6 Å². The molecule has 0 N–H and O–H groups in total. The molecule has 2 fully saturated rings. The van der Waals surface area contributed by atoms with Crippen LogP contribution in [0.1, 0.15) is 5.56 Å². The highest BCUT2D eigenvalue weighted by molar-refractivity contribution is 5.74. The zero-order valence-corrected chi connectivity index (χ0v) is 14.7. The highest BCUT2D eigenvalue weighted by Gasteiger charge is 2.44. The number of hydrogen-bond donors (Lipinski definition) is 0. The van der Waals surface area contributed by atoms with Crippen molar-refractivity contribution >= 4 is 22.9 Å². The summed E-state index contributed by atoms with van der Waals surface area (Å²) in [6.07, 6.45) is -3.04. The number of anilines is 2. The van der Waals surface area contributed by atoms with Crippen molar-refractivity contribution in [1.29, 1.82) is 0 Å². The van der Waals surface area contributed by atoms with Gasteiger partial charge in [0.1, 0.15) is 17.2 Å². The van der Waals surface area contributed by atoms with Gasteiger partial charge in [-0.15, -0.1) is 0 Å². The maximum Gasteiger partial charge on any atom is 0.419 e. The lowest BCUT2D eigenvalue weighted by molar-refractivity contribution is -0.137. The largest absolute Gasteiger partial charge is 0.423 e. The van der Waals surface area contributed by atoms with Crippen molar-refractivity contribution in [2.75, 3.05) is 36.0 Å². The Morgan fingerprint density at radius 1 is 1.00 bits per heavy atom. The summed E-state index contributed by atoms with van der Waals surface area (Å²) in [5.41, 5.74) is 0.267. The number of aromatic nitrogens is 2. The van der Waals surface area contributed by atoms with Crippen LogP contribution in [-0.2, 0) is 6.18 Å². The Balaban J connectivity index is 1.34. The van der Waals surface area contributed by atoms with Crippen molar-refractivity contribution in [2.45, 2.75) is 6.18 Å². The van der Waals surface area contributed by atoms with Crippen molar-refractivity contribution in [3.8, 4) is 0 Å². The van der Waals surface area contributed by atoms with Gasteiger partial charge < -0.3 is 14.2 Å². The van der Waals surface area contributed by atoms with E-state index in [2.05, 4.69) is 9.97 Å². The topological polar surface area (TPSA) is 45.4 Å². The fourth-order valence-electron chi connectivity index (χ4n) is 4.21. The Kier molecular flexibility index (Phi) is 3.75. The predicted molar refractivity (Wildman–Crippen MR) is 94.6 cm³/mol. The predicted octanol–water partition coefficient (Wildman–Crippen LogP) is 3.95. The minimum Gasteiger partial charge on any atom is -0.423 e. The third-order valence-corrected chi connectivity index (χ3v) is 5.49. The maximum atomic E-state index is 13.3. The van der Waals surface area contributed by atoms with E-state index in [1.54, 1.807) is 11.0 Å². The average Bonchev–Trinajstić information content (AvgIpc) is 3.32. The molecule has 0 amide bonds. The van der Waals surface area contributed by atoms with Crippen molar-refractivity contribution < 1.29 is 22.0 Å². The van der Waals surface area contributed by atoms with Gasteiger partial charge in [0, 0.05) is 50.3 Å². The van der Waals surface area contributed by atoms with Gasteiger partial charge in [-0.25, -0.2) is 9.37 Å². The van der Waals surface area contributed by atoms with Crippen LogP contribution in [0.2, 0.25) is 0 Å². The molecule has 1 aromatic carbocycles. The number of hydrogen-bond acceptors (Lipinski definition) is 5. The standard InChI is InChI=1S/C19H16F4N4O/c20-13-3-4-15-16(6-13)28-18(25-15)27-9-11-7-26(8-12(11)10-27)17-14(19(21,22)23)2-1-5-24-17/h1-6,11-12H,7-10H2. The van der Waals surface area contributed by atoms with E-state index >= 15 is 0 Å². The molecule has 5 nitrogen and oxygen atoms in total. The minimum absolute atomic E-state index is 0.00622. The summed E-state index contributed by atoms with van der Waals surface area (Å²) in [6, 6.07) is 6.99. The molecule has 0 spiro atoms. The van der Waals surface area contributed by atoms with Gasteiger partial charge in [-0.1, -0.05) is 0 Å². The van der Waals surface area contributed by atoms with Gasteiger partial charge in [0.25, 0.3) is 6.01 Å². The molecule has 0 aliphatic carbocycles. The van der Waals surface area contributed by atoms with Gasteiger partial charge in [-0.05, 0) is 24.3 Å². The molecule has 0 radical (unpaired) electrons. The Bertz CT molecular complexity index is 1020. The molecular weight excluding hydrogens is 376 g/mol. The number of benzene rings is 1. The van der Waals surface area contributed by atoms with Crippen LogP contribution in [0.25, 0.3) is 11.1 Å². The fraction of sp³-hybridized carbons (Fsp3) is 0.368. The van der Waals surface area contributed by atoms with Crippen LogP contribution in [0.5, 0.6) is 0 Å². The molecule has 3 aromatic rings. The molecule has 9 heteroatoms. The molecule has 2 aliphatic rings. The third kappa shape index (κ3) is 2.85. The lowest BCUT2D eigenvalue weighted by Gasteiger charge is -2.24. The van der Waals surface area contributed by atoms with Crippen LogP contribution in [0.4, 0.5) is 29.4 Å². The summed E-state index contributed by atoms with van der Waals surface area (Å²) in [6.45, 7) is 2.25. The van der Waals surface area contributed by atoms with E-state index in [1.807, 2.05) is 4.90 Å². The van der Waals surface area contributed by atoms with Crippen LogP contribution in [0.3, 0.4) is 0 Å². The van der Waals surface area contributed by atoms with Crippen molar-refractivity contribution in [3.63, 3.8) is 0 Å². The highest BCUT2D eigenvalue weighted by Crippen LogP contribution is 2.40. The fourth-order valence-corrected chi connectivity index (χ4v) is 4.21. The first kappa shape index (κ1) is 17.3. The summed E-state index contributed by atoms with van der Waals surface area (Å²) < 4.78 is 58.9. The molecule has 146 valence electrons. The minimum atomic E-state index is -4.43. The van der Waals surface area contributed by atoms with Crippen molar-refractivity contribution in [1.82, 2.24) is 9.97 Å². The van der Waals surface area contributed by atoms with Gasteiger partial charge >= 0.3 is 6.18 Å². The maximum absolute atomic E-state index is 13.3. The first-order valence-corrected chi connectivity index (χ1v) is 8.97. The van der Waals surface area contributed by atoms with Crippen LogP contribution in [0, 0.1) is 17.7 Å². The van der Waals surface area contributed by atoms with Crippen LogP contribution >= 0.6 is 0 Å². The van der Waals surface area contributed by atoms with E-state index in [4.69, 9.17) is 4.42 Å². The highest BCUT2D eigenvalue weighted by atomic mass is 19.4. The molecule has 2 unspecified atom stereocenters. The first-order valence-electron chi connectivity index (χ1n) is 8.97. The van der Waals surface area contributed by atoms with Gasteiger partial charge in [0.15, 0.2) is 5.58 Å². The van der Waals surface area contributed by atoms with E-state index in [-0.39, 0.29) is 23.5 Å². The molecule has 5 rings (SSSR count). The summed E-state index contributed by atoms with van der Waals surface area (Å²) in [4.78, 5) is 12.1. The molecular formula is C19H16F4N4O. The number of pyridine rings is 1. The molecule has 0 bridgehead atoms. The lowest BCUT2D eigenvalue weighted by Crippen LogP contribution is -2.30. The van der Waals surface area contributed by atoms with E-state index in [0.29, 0.717) is 43.3 Å². The summed E-state index contributed by atoms with van der Waals surface area (Å²) >= 11 is 0. The number of halogens is 4. The molecule has 2 aromatic heterocycles. The second kappa shape index (κ2) is 6.08. The molecule has 0 saturated carbocycles. The van der Waals surface area contributed by atoms with Crippen molar-refractivity contribution in [2.24, 2.45) is 11.8 Å². The number of oxazole rings is 1. The lowest BCUT2D eigenvalue weighted by atomic mass is 10.0. The molecule has 2 aliphatic heterocycles. The molecule has 28 heavy (non-hydrogen) atoms. The Hall–Kier alpha value is -2.84. The smallest absolute Gasteiger partial charge is 0.419 e. The van der Waals surface area contributed by atoms with Crippen LogP contribution < -0.4 is 9.80 Å². The second-order valence-electron chi connectivity index (χ2n) is 7.31. The zero-order chi connectivity index (χ0) is 19.5. The first-order chi connectivity index (χ1) is 13.4. The Morgan fingerprint density at radius 3 is 2.43 bits per heavy atom.